The van der Waals surface area contributed by atoms with Gasteiger partial charge >= 0.3 is 0 Å². The molecule has 2 amide bonds. The highest BCUT2D eigenvalue weighted by molar-refractivity contribution is 7.92. The van der Waals surface area contributed by atoms with Crippen molar-refractivity contribution in [1.29, 1.82) is 0 Å². The van der Waals surface area contributed by atoms with E-state index in [4.69, 9.17) is 16.3 Å². The van der Waals surface area contributed by atoms with Gasteiger partial charge in [-0.15, -0.1) is 0 Å². The van der Waals surface area contributed by atoms with Gasteiger partial charge in [-0.2, -0.15) is 0 Å². The van der Waals surface area contributed by atoms with E-state index in [9.17, 15) is 18.0 Å². The molecule has 0 spiro atoms. The summed E-state index contributed by atoms with van der Waals surface area (Å²) in [6.45, 7) is 5.21. The van der Waals surface area contributed by atoms with E-state index >= 15 is 0 Å². The van der Waals surface area contributed by atoms with Crippen LogP contribution in [0, 0.1) is 6.92 Å². The lowest BCUT2D eigenvalue weighted by molar-refractivity contribution is -0.140. The summed E-state index contributed by atoms with van der Waals surface area (Å²) in [5.41, 5.74) is 1.75. The molecule has 1 N–H and O–H groups in total. The summed E-state index contributed by atoms with van der Waals surface area (Å²) in [6.07, 6.45) is 0.316. The molecule has 8 nitrogen and oxygen atoms in total. The molecule has 10 heteroatoms. The summed E-state index contributed by atoms with van der Waals surface area (Å²) in [6, 6.07) is 19.3. The first-order valence-electron chi connectivity index (χ1n) is 12.7. The van der Waals surface area contributed by atoms with Crippen molar-refractivity contribution < 1.29 is 22.7 Å². The second kappa shape index (κ2) is 13.5. The van der Waals surface area contributed by atoms with Gasteiger partial charge in [-0.05, 0) is 56.2 Å². The third kappa shape index (κ3) is 7.10. The van der Waals surface area contributed by atoms with E-state index < -0.39 is 28.5 Å². The van der Waals surface area contributed by atoms with E-state index in [1.807, 2.05) is 6.92 Å². The Bertz CT molecular complexity index is 1400. The molecule has 0 aliphatic heterocycles. The lowest BCUT2D eigenvalue weighted by atomic mass is 10.1. The van der Waals surface area contributed by atoms with Gasteiger partial charge in [0, 0.05) is 18.6 Å². The highest BCUT2D eigenvalue weighted by atomic mass is 35.5. The van der Waals surface area contributed by atoms with E-state index in [1.54, 1.807) is 74.5 Å². The number of sulfonamides is 1. The number of nitrogens with zero attached hydrogens (tertiary/aromatic N) is 2. The maximum absolute atomic E-state index is 14.0. The van der Waals surface area contributed by atoms with Gasteiger partial charge in [0.1, 0.15) is 18.3 Å². The van der Waals surface area contributed by atoms with Crippen molar-refractivity contribution in [2.75, 3.05) is 24.5 Å². The first kappa shape index (κ1) is 30.0. The van der Waals surface area contributed by atoms with Crippen LogP contribution in [0.1, 0.15) is 31.4 Å². The summed E-state index contributed by atoms with van der Waals surface area (Å²) in [5.74, 6) is -0.604. The van der Waals surface area contributed by atoms with Crippen LogP contribution in [-0.2, 0) is 26.2 Å². The van der Waals surface area contributed by atoms with Crippen LogP contribution in [0.4, 0.5) is 5.69 Å². The summed E-state index contributed by atoms with van der Waals surface area (Å²) < 4.78 is 34.8. The summed E-state index contributed by atoms with van der Waals surface area (Å²) in [5, 5.41) is 3.04. The number of ether oxygens (including phenoxy) is 1. The Kier molecular flexibility index (Phi) is 10.4. The third-order valence-corrected chi connectivity index (χ3v) is 8.40. The molecule has 3 rings (SSSR count). The molecule has 1 atom stereocenters. The number of aryl methyl sites for hydroxylation is 1. The third-order valence-electron chi connectivity index (χ3n) is 6.25. The second-order valence-electron chi connectivity index (χ2n) is 8.88. The molecule has 0 unspecified atom stereocenters. The van der Waals surface area contributed by atoms with E-state index in [1.165, 1.54) is 24.1 Å². The van der Waals surface area contributed by atoms with Gasteiger partial charge in [0.25, 0.3) is 10.0 Å². The molecule has 0 saturated carbocycles. The molecule has 0 radical (unpaired) electrons. The molecule has 3 aromatic rings. The Morgan fingerprint density at radius 2 is 1.62 bits per heavy atom. The molecule has 0 aromatic heterocycles. The fourth-order valence-electron chi connectivity index (χ4n) is 4.19. The van der Waals surface area contributed by atoms with Gasteiger partial charge in [-0.1, -0.05) is 66.6 Å². The monoisotopic (exact) mass is 571 g/mol. The maximum atomic E-state index is 14.0. The average Bonchev–Trinajstić information content (AvgIpc) is 2.93. The van der Waals surface area contributed by atoms with E-state index in [0.29, 0.717) is 29.4 Å². The second-order valence-corrected chi connectivity index (χ2v) is 11.1. The number of hydrogen-bond donors (Lipinski definition) is 1. The molecule has 0 heterocycles. The number of likely N-dealkylation sites (N-methyl/N-ethyl adjacent to an activating group) is 1. The number of halogens is 1. The highest BCUT2D eigenvalue weighted by Crippen LogP contribution is 2.33. The minimum absolute atomic E-state index is 0.0238. The molecule has 3 aromatic carbocycles. The molecule has 0 aliphatic carbocycles. The fourth-order valence-corrected chi connectivity index (χ4v) is 5.81. The van der Waals surface area contributed by atoms with Crippen LogP contribution in [-0.4, -0.2) is 51.4 Å². The normalized spacial score (nSPS) is 11.9. The number of benzene rings is 3. The van der Waals surface area contributed by atoms with Crippen molar-refractivity contribution in [1.82, 2.24) is 10.2 Å². The van der Waals surface area contributed by atoms with Crippen molar-refractivity contribution in [2.24, 2.45) is 0 Å². The zero-order valence-corrected chi connectivity index (χ0v) is 24.1. The molecular formula is C29H34ClN3O5S. The first-order valence-corrected chi connectivity index (χ1v) is 14.5. The lowest BCUT2D eigenvalue weighted by Crippen LogP contribution is -2.51. The van der Waals surface area contributed by atoms with E-state index in [2.05, 4.69) is 5.32 Å². The zero-order chi connectivity index (χ0) is 28.6. The minimum Gasteiger partial charge on any atom is -0.492 e. The van der Waals surface area contributed by atoms with Gasteiger partial charge in [0.2, 0.25) is 11.8 Å². The number of carbonyl (C=O) groups excluding carboxylic acids is 2. The Labute approximate surface area is 235 Å². The summed E-state index contributed by atoms with van der Waals surface area (Å²) >= 11 is 6.40. The quantitative estimate of drug-likeness (QED) is 0.337. The number of anilines is 1. The smallest absolute Gasteiger partial charge is 0.264 e. The average molecular weight is 572 g/mol. The predicted octanol–water partition coefficient (Wildman–Crippen LogP) is 4.80. The van der Waals surface area contributed by atoms with Crippen molar-refractivity contribution in [2.45, 2.75) is 44.7 Å². The summed E-state index contributed by atoms with van der Waals surface area (Å²) in [7, 11) is -2.70. The Balaban J connectivity index is 2.12. The van der Waals surface area contributed by atoms with Crippen LogP contribution in [0.25, 0.3) is 0 Å². The van der Waals surface area contributed by atoms with Crippen LogP contribution in [0.2, 0.25) is 5.02 Å². The Morgan fingerprint density at radius 3 is 2.23 bits per heavy atom. The van der Waals surface area contributed by atoms with Crippen molar-refractivity contribution in [3.8, 4) is 5.75 Å². The minimum atomic E-state index is -4.20. The van der Waals surface area contributed by atoms with Gasteiger partial charge in [-0.3, -0.25) is 13.9 Å². The van der Waals surface area contributed by atoms with E-state index in [0.717, 1.165) is 9.87 Å². The van der Waals surface area contributed by atoms with Crippen molar-refractivity contribution in [3.63, 3.8) is 0 Å². The number of carbonyl (C=O) groups is 2. The van der Waals surface area contributed by atoms with Crippen LogP contribution < -0.4 is 14.4 Å². The van der Waals surface area contributed by atoms with Crippen LogP contribution in [0.5, 0.6) is 5.75 Å². The number of amides is 2. The number of hydrogen-bond acceptors (Lipinski definition) is 5. The van der Waals surface area contributed by atoms with Crippen LogP contribution in [0.15, 0.2) is 77.7 Å². The highest BCUT2D eigenvalue weighted by Gasteiger charge is 2.34. The molecule has 0 saturated heterocycles. The molecule has 0 bridgehead atoms. The molecule has 0 aliphatic rings. The summed E-state index contributed by atoms with van der Waals surface area (Å²) in [4.78, 5) is 28.2. The number of rotatable bonds is 12. The van der Waals surface area contributed by atoms with Crippen LogP contribution >= 0.6 is 11.6 Å². The van der Waals surface area contributed by atoms with E-state index in [-0.39, 0.29) is 23.0 Å². The predicted molar refractivity (Wildman–Crippen MR) is 153 cm³/mol. The molecule has 208 valence electrons. The zero-order valence-electron chi connectivity index (χ0n) is 22.6. The van der Waals surface area contributed by atoms with Gasteiger partial charge in [0.05, 0.1) is 17.2 Å². The Morgan fingerprint density at radius 1 is 0.974 bits per heavy atom. The number of nitrogens with one attached hydrogen (secondary N) is 1. The van der Waals surface area contributed by atoms with Gasteiger partial charge < -0.3 is 15.0 Å². The van der Waals surface area contributed by atoms with Crippen LogP contribution in [0.3, 0.4) is 0 Å². The van der Waals surface area contributed by atoms with Gasteiger partial charge in [0.15, 0.2) is 0 Å². The van der Waals surface area contributed by atoms with Crippen molar-refractivity contribution in [3.05, 3.63) is 88.9 Å². The fraction of sp³-hybridized carbons (Fsp3) is 0.310. The SMILES string of the molecule is CCOc1ccccc1N(CC(=O)N(Cc1ccccc1Cl)[C@@H](CC)C(=O)NC)S(=O)(=O)c1ccc(C)cc1. The molecule has 0 fully saturated rings. The first-order chi connectivity index (χ1) is 18.6. The molecular weight excluding hydrogens is 538 g/mol. The molecule has 39 heavy (non-hydrogen) atoms. The lowest BCUT2D eigenvalue weighted by Gasteiger charge is -2.33. The van der Waals surface area contributed by atoms with Gasteiger partial charge in [-0.25, -0.2) is 8.42 Å². The maximum Gasteiger partial charge on any atom is 0.264 e. The Hall–Kier alpha value is -3.56. The standard InChI is InChI=1S/C29H34ClN3O5S/c1-5-25(29(35)31-4)32(19-22-11-7-8-12-24(22)30)28(34)20-33(26-13-9-10-14-27(26)38-6-2)39(36,37)23-17-15-21(3)16-18-23/h7-18,25H,5-6,19-20H2,1-4H3,(H,31,35)/t25-/m0/s1. The number of para-hydroxylation sites is 2. The van der Waals surface area contributed by atoms with Crippen molar-refractivity contribution >= 4 is 39.1 Å². The topological polar surface area (TPSA) is 96.0 Å². The largest absolute Gasteiger partial charge is 0.492 e.